The normalized spacial score (nSPS) is 10.6. The molecule has 0 aliphatic carbocycles. The molecular weight excluding hydrogens is 432 g/mol. The Morgan fingerprint density at radius 3 is 2.12 bits per heavy atom. The molecule has 166 valence electrons. The van der Waals surface area contributed by atoms with Crippen LogP contribution in [-0.4, -0.2) is 27.9 Å². The van der Waals surface area contributed by atoms with Crippen molar-refractivity contribution < 1.29 is 24.2 Å². The summed E-state index contributed by atoms with van der Waals surface area (Å²) in [7, 11) is 0. The van der Waals surface area contributed by atoms with Crippen LogP contribution in [0.4, 0.5) is 11.4 Å². The number of carbonyl (C=O) groups is 2. The predicted octanol–water partition coefficient (Wildman–Crippen LogP) is 3.79. The molecule has 0 atom stereocenters. The highest BCUT2D eigenvalue weighted by Gasteiger charge is 2.21. The van der Waals surface area contributed by atoms with Gasteiger partial charge in [-0.05, 0) is 48.9 Å². The van der Waals surface area contributed by atoms with Crippen molar-refractivity contribution in [3.05, 3.63) is 109 Å². The minimum absolute atomic E-state index is 0.107. The van der Waals surface area contributed by atoms with E-state index in [2.05, 4.69) is 10.5 Å². The minimum atomic E-state index is -0.992. The Labute approximate surface area is 186 Å². The number of aryl methyl sites for hydroxylation is 1. The minimum Gasteiger partial charge on any atom is -0.423 e. The number of hydrazone groups is 1. The second-order valence-corrected chi connectivity index (χ2v) is 6.78. The molecule has 0 aliphatic rings. The van der Waals surface area contributed by atoms with Gasteiger partial charge in [-0.3, -0.25) is 25.0 Å². The number of hydrogen-bond acceptors (Lipinski definition) is 8. The van der Waals surface area contributed by atoms with E-state index in [0.717, 1.165) is 23.8 Å². The Morgan fingerprint density at radius 1 is 0.909 bits per heavy atom. The van der Waals surface area contributed by atoms with Crippen LogP contribution in [0.1, 0.15) is 31.8 Å². The van der Waals surface area contributed by atoms with Gasteiger partial charge in [0.2, 0.25) is 0 Å². The fourth-order valence-corrected chi connectivity index (χ4v) is 2.73. The van der Waals surface area contributed by atoms with Crippen LogP contribution in [0.3, 0.4) is 0 Å². The Kier molecular flexibility index (Phi) is 6.84. The lowest BCUT2D eigenvalue weighted by Gasteiger charge is -2.05. The highest BCUT2D eigenvalue weighted by atomic mass is 16.6. The van der Waals surface area contributed by atoms with Crippen LogP contribution in [0.5, 0.6) is 5.75 Å². The van der Waals surface area contributed by atoms with E-state index in [4.69, 9.17) is 4.74 Å². The number of non-ortho nitro benzene ring substituents is 2. The third-order valence-electron chi connectivity index (χ3n) is 4.31. The Morgan fingerprint density at radius 2 is 1.55 bits per heavy atom. The van der Waals surface area contributed by atoms with E-state index in [1.807, 2.05) is 13.0 Å². The van der Waals surface area contributed by atoms with E-state index in [9.17, 15) is 29.8 Å². The first kappa shape index (κ1) is 22.7. The maximum atomic E-state index is 12.3. The van der Waals surface area contributed by atoms with Gasteiger partial charge in [-0.2, -0.15) is 5.10 Å². The molecule has 3 rings (SSSR count). The van der Waals surface area contributed by atoms with Gasteiger partial charge in [0.25, 0.3) is 17.3 Å². The van der Waals surface area contributed by atoms with Crippen molar-refractivity contribution in [1.82, 2.24) is 5.43 Å². The first-order valence-corrected chi connectivity index (χ1v) is 9.39. The number of nitro groups is 2. The lowest BCUT2D eigenvalue weighted by molar-refractivity contribution is -0.394. The fourth-order valence-electron chi connectivity index (χ4n) is 2.73. The molecule has 0 radical (unpaired) electrons. The zero-order valence-electron chi connectivity index (χ0n) is 17.1. The average molecular weight is 448 g/mol. The molecule has 0 bridgehead atoms. The standard InChI is InChI=1S/C22H16N4O7/c1-14-3-2-4-16(9-14)21(27)24-23-13-15-5-7-20(8-6-15)33-22(28)17-10-18(25(29)30)12-19(11-17)26(31)32/h2-13H,1H3,(H,24,27)/b23-13+. The number of carbonyl (C=O) groups excluding carboxylic acids is 2. The van der Waals surface area contributed by atoms with Crippen molar-refractivity contribution in [3.63, 3.8) is 0 Å². The third kappa shape index (κ3) is 6.04. The number of nitro benzene ring substituents is 2. The van der Waals surface area contributed by atoms with Crippen LogP contribution < -0.4 is 10.2 Å². The lowest BCUT2D eigenvalue weighted by Crippen LogP contribution is -2.17. The molecule has 0 saturated heterocycles. The van der Waals surface area contributed by atoms with E-state index in [0.29, 0.717) is 11.1 Å². The first-order chi connectivity index (χ1) is 15.7. The molecule has 0 spiro atoms. The van der Waals surface area contributed by atoms with Crippen LogP contribution in [-0.2, 0) is 0 Å². The summed E-state index contributed by atoms with van der Waals surface area (Å²) < 4.78 is 5.14. The number of hydrogen-bond donors (Lipinski definition) is 1. The van der Waals surface area contributed by atoms with E-state index in [1.165, 1.54) is 18.3 Å². The van der Waals surface area contributed by atoms with Crippen molar-refractivity contribution in [1.29, 1.82) is 0 Å². The molecule has 0 unspecified atom stereocenters. The molecule has 0 aromatic heterocycles. The van der Waals surface area contributed by atoms with Crippen molar-refractivity contribution in [3.8, 4) is 5.75 Å². The molecule has 33 heavy (non-hydrogen) atoms. The van der Waals surface area contributed by atoms with E-state index in [-0.39, 0.29) is 17.2 Å². The van der Waals surface area contributed by atoms with Gasteiger partial charge in [0.1, 0.15) is 5.75 Å². The predicted molar refractivity (Wildman–Crippen MR) is 117 cm³/mol. The molecule has 1 amide bonds. The van der Waals surface area contributed by atoms with Crippen LogP contribution in [0.2, 0.25) is 0 Å². The molecule has 3 aromatic rings. The molecule has 0 fully saturated rings. The number of nitrogens with zero attached hydrogens (tertiary/aromatic N) is 3. The van der Waals surface area contributed by atoms with Crippen molar-refractivity contribution in [2.75, 3.05) is 0 Å². The summed E-state index contributed by atoms with van der Waals surface area (Å²) in [6, 6.07) is 15.6. The second-order valence-electron chi connectivity index (χ2n) is 6.78. The highest BCUT2D eigenvalue weighted by molar-refractivity contribution is 5.95. The summed E-state index contributed by atoms with van der Waals surface area (Å²) in [4.78, 5) is 44.6. The number of ether oxygens (including phenoxy) is 1. The maximum Gasteiger partial charge on any atom is 0.344 e. The van der Waals surface area contributed by atoms with Crippen LogP contribution in [0.15, 0.2) is 71.8 Å². The quantitative estimate of drug-likeness (QED) is 0.190. The van der Waals surface area contributed by atoms with Crippen molar-refractivity contribution in [2.45, 2.75) is 6.92 Å². The summed E-state index contributed by atoms with van der Waals surface area (Å²) in [5, 5.41) is 25.8. The zero-order chi connectivity index (χ0) is 24.0. The maximum absolute atomic E-state index is 12.3. The molecule has 11 heteroatoms. The SMILES string of the molecule is Cc1cccc(C(=O)N/N=C/c2ccc(OC(=O)c3cc([N+](=O)[O-])cc([N+](=O)[O-])c3)cc2)c1. The van der Waals surface area contributed by atoms with Gasteiger partial charge in [0.15, 0.2) is 0 Å². The molecular formula is C22H16N4O7. The molecule has 3 aromatic carbocycles. The van der Waals surface area contributed by atoms with Gasteiger partial charge in [0.05, 0.1) is 27.7 Å². The van der Waals surface area contributed by atoms with Gasteiger partial charge < -0.3 is 4.74 Å². The van der Waals surface area contributed by atoms with Crippen molar-refractivity contribution in [2.24, 2.45) is 5.10 Å². The third-order valence-corrected chi connectivity index (χ3v) is 4.31. The number of rotatable bonds is 7. The summed E-state index contributed by atoms with van der Waals surface area (Å²) in [6.45, 7) is 1.87. The Hall–Kier alpha value is -4.93. The van der Waals surface area contributed by atoms with Crippen LogP contribution in [0.25, 0.3) is 0 Å². The van der Waals surface area contributed by atoms with Gasteiger partial charge >= 0.3 is 5.97 Å². The first-order valence-electron chi connectivity index (χ1n) is 9.39. The molecule has 0 aliphatic heterocycles. The molecule has 11 nitrogen and oxygen atoms in total. The van der Waals surface area contributed by atoms with Crippen molar-refractivity contribution >= 4 is 29.5 Å². The number of benzene rings is 3. The smallest absolute Gasteiger partial charge is 0.344 e. The second kappa shape index (κ2) is 9.92. The van der Waals surface area contributed by atoms with Crippen LogP contribution in [0, 0.1) is 27.2 Å². The van der Waals surface area contributed by atoms with Gasteiger partial charge in [-0.15, -0.1) is 0 Å². The van der Waals surface area contributed by atoms with Gasteiger partial charge in [-0.25, -0.2) is 10.2 Å². The Bertz CT molecular complexity index is 1240. The van der Waals surface area contributed by atoms with E-state index in [1.54, 1.807) is 30.3 Å². The van der Waals surface area contributed by atoms with E-state index < -0.39 is 27.2 Å². The summed E-state index contributed by atoms with van der Waals surface area (Å²) in [6.07, 6.45) is 1.39. The van der Waals surface area contributed by atoms with Gasteiger partial charge in [0, 0.05) is 17.7 Å². The number of amides is 1. The Balaban J connectivity index is 1.65. The number of esters is 1. The zero-order valence-corrected chi connectivity index (χ0v) is 17.1. The average Bonchev–Trinajstić information content (AvgIpc) is 2.79. The van der Waals surface area contributed by atoms with E-state index >= 15 is 0 Å². The van der Waals surface area contributed by atoms with Gasteiger partial charge in [-0.1, -0.05) is 17.7 Å². The fraction of sp³-hybridized carbons (Fsp3) is 0.0455. The highest BCUT2D eigenvalue weighted by Crippen LogP contribution is 2.24. The monoisotopic (exact) mass is 448 g/mol. The number of nitrogens with one attached hydrogen (secondary N) is 1. The largest absolute Gasteiger partial charge is 0.423 e. The summed E-state index contributed by atoms with van der Waals surface area (Å²) in [5.41, 5.74) is 2.87. The molecule has 1 N–H and O–H groups in total. The topological polar surface area (TPSA) is 154 Å². The van der Waals surface area contributed by atoms with Crippen LogP contribution >= 0.6 is 0 Å². The molecule has 0 saturated carbocycles. The summed E-state index contributed by atoms with van der Waals surface area (Å²) in [5.74, 6) is -1.25. The summed E-state index contributed by atoms with van der Waals surface area (Å²) >= 11 is 0. The lowest BCUT2D eigenvalue weighted by atomic mass is 10.1. The molecule has 0 heterocycles.